The third-order valence-corrected chi connectivity index (χ3v) is 5.11. The molecule has 132 valence electrons. The van der Waals surface area contributed by atoms with E-state index in [1.807, 2.05) is 19.9 Å². The highest BCUT2D eigenvalue weighted by Gasteiger charge is 2.57. The molecule has 4 heteroatoms. The molecule has 0 saturated heterocycles. The van der Waals surface area contributed by atoms with Crippen molar-refractivity contribution in [2.24, 2.45) is 10.8 Å². The van der Waals surface area contributed by atoms with Crippen LogP contribution in [0.4, 0.5) is 0 Å². The quantitative estimate of drug-likeness (QED) is 0.342. The van der Waals surface area contributed by atoms with E-state index in [1.165, 1.54) is 12.7 Å². The Morgan fingerprint density at radius 3 is 2.43 bits per heavy atom. The monoisotopic (exact) mass is 324 g/mol. The van der Waals surface area contributed by atoms with Gasteiger partial charge in [-0.2, -0.15) is 0 Å². The first-order chi connectivity index (χ1) is 10.9. The van der Waals surface area contributed by atoms with Gasteiger partial charge in [0.05, 0.1) is 12.5 Å². The Kier molecular flexibility index (Phi) is 7.49. The predicted octanol–water partition coefficient (Wildman–Crippen LogP) is 4.26. The molecule has 0 fully saturated rings. The molecule has 1 atom stereocenters. The number of ether oxygens (including phenoxy) is 3. The molecule has 0 N–H and O–H groups in total. The molecule has 1 aliphatic rings. The van der Waals surface area contributed by atoms with Gasteiger partial charge in [0.2, 0.25) is 0 Å². The van der Waals surface area contributed by atoms with E-state index in [2.05, 4.69) is 26.5 Å². The van der Waals surface area contributed by atoms with Crippen LogP contribution in [0.3, 0.4) is 0 Å². The molecular weight excluding hydrogens is 292 g/mol. The lowest BCUT2D eigenvalue weighted by Crippen LogP contribution is -2.46. The molecule has 0 spiro atoms. The predicted molar refractivity (Wildman–Crippen MR) is 92.0 cm³/mol. The Morgan fingerprint density at radius 1 is 1.35 bits per heavy atom. The molecule has 0 aliphatic heterocycles. The van der Waals surface area contributed by atoms with Gasteiger partial charge in [-0.1, -0.05) is 31.6 Å². The van der Waals surface area contributed by atoms with Crippen molar-refractivity contribution in [1.29, 1.82) is 0 Å². The highest BCUT2D eigenvalue weighted by atomic mass is 16.7. The minimum atomic E-state index is -0.646. The molecule has 1 rings (SSSR count). The SMILES string of the molecule is C=CCCC1=CCC(CC(OCC)OCC)(C(=O)OC)C1(C)C. The van der Waals surface area contributed by atoms with Crippen molar-refractivity contribution in [3.05, 3.63) is 24.3 Å². The molecule has 0 aromatic heterocycles. The molecule has 23 heavy (non-hydrogen) atoms. The summed E-state index contributed by atoms with van der Waals surface area (Å²) < 4.78 is 16.6. The van der Waals surface area contributed by atoms with Crippen molar-refractivity contribution in [3.63, 3.8) is 0 Å². The van der Waals surface area contributed by atoms with Crippen LogP contribution >= 0.6 is 0 Å². The summed E-state index contributed by atoms with van der Waals surface area (Å²) in [5.41, 5.74) is 0.345. The smallest absolute Gasteiger partial charge is 0.313 e. The Labute approximate surface area is 140 Å². The lowest BCUT2D eigenvalue weighted by Gasteiger charge is -2.42. The van der Waals surface area contributed by atoms with E-state index in [1.54, 1.807) is 0 Å². The largest absolute Gasteiger partial charge is 0.469 e. The van der Waals surface area contributed by atoms with Crippen molar-refractivity contribution in [3.8, 4) is 0 Å². The first kappa shape index (κ1) is 19.9. The molecule has 1 unspecified atom stereocenters. The van der Waals surface area contributed by atoms with Gasteiger partial charge in [0, 0.05) is 25.0 Å². The van der Waals surface area contributed by atoms with E-state index in [0.29, 0.717) is 26.1 Å². The summed E-state index contributed by atoms with van der Waals surface area (Å²) in [4.78, 5) is 12.7. The topological polar surface area (TPSA) is 44.8 Å². The maximum atomic E-state index is 12.7. The molecule has 1 aliphatic carbocycles. The second-order valence-electron chi connectivity index (χ2n) is 6.50. The van der Waals surface area contributed by atoms with Crippen LogP contribution in [-0.4, -0.2) is 32.6 Å². The summed E-state index contributed by atoms with van der Waals surface area (Å²) in [6.45, 7) is 13.0. The maximum Gasteiger partial charge on any atom is 0.313 e. The van der Waals surface area contributed by atoms with Crippen molar-refractivity contribution >= 4 is 5.97 Å². The molecule has 4 nitrogen and oxygen atoms in total. The second-order valence-corrected chi connectivity index (χ2v) is 6.50. The molecule has 0 aromatic rings. The number of carbonyl (C=O) groups excluding carboxylic acids is 1. The standard InChI is InChI=1S/C19H32O4/c1-7-10-11-15-12-13-19(17(20)21-6,18(15,4)5)14-16(22-8-2)23-9-3/h7,12,16H,1,8-11,13-14H2,2-6H3. The molecule has 0 saturated carbocycles. The summed E-state index contributed by atoms with van der Waals surface area (Å²) in [7, 11) is 1.46. The number of methoxy groups -OCH3 is 1. The molecule has 0 heterocycles. The average molecular weight is 324 g/mol. The van der Waals surface area contributed by atoms with E-state index in [-0.39, 0.29) is 11.4 Å². The van der Waals surface area contributed by atoms with E-state index in [0.717, 1.165) is 12.8 Å². The van der Waals surface area contributed by atoms with Crippen LogP contribution in [0.2, 0.25) is 0 Å². The second kappa shape index (κ2) is 8.65. The van der Waals surface area contributed by atoms with Gasteiger partial charge < -0.3 is 14.2 Å². The van der Waals surface area contributed by atoms with Crippen molar-refractivity contribution in [2.45, 2.75) is 59.7 Å². The van der Waals surface area contributed by atoms with E-state index in [9.17, 15) is 4.79 Å². The highest BCUT2D eigenvalue weighted by Crippen LogP contribution is 2.57. The highest BCUT2D eigenvalue weighted by molar-refractivity contribution is 5.80. The summed E-state index contributed by atoms with van der Waals surface area (Å²) in [6, 6.07) is 0. The summed E-state index contributed by atoms with van der Waals surface area (Å²) in [6.07, 6.45) is 6.71. The number of carbonyl (C=O) groups is 1. The van der Waals surface area contributed by atoms with Gasteiger partial charge in [-0.15, -0.1) is 6.58 Å². The van der Waals surface area contributed by atoms with Crippen molar-refractivity contribution in [1.82, 2.24) is 0 Å². The Morgan fingerprint density at radius 2 is 1.96 bits per heavy atom. The fourth-order valence-electron chi connectivity index (χ4n) is 3.57. The minimum Gasteiger partial charge on any atom is -0.469 e. The molecule has 0 amide bonds. The van der Waals surface area contributed by atoms with E-state index in [4.69, 9.17) is 14.2 Å². The molecule has 0 bridgehead atoms. The minimum absolute atomic E-state index is 0.184. The fraction of sp³-hybridized carbons (Fsp3) is 0.737. The zero-order valence-corrected chi connectivity index (χ0v) is 15.3. The van der Waals surface area contributed by atoms with Crippen LogP contribution < -0.4 is 0 Å². The van der Waals surface area contributed by atoms with Gasteiger partial charge in [-0.25, -0.2) is 0 Å². The van der Waals surface area contributed by atoms with Crippen LogP contribution in [0.25, 0.3) is 0 Å². The number of hydrogen-bond acceptors (Lipinski definition) is 4. The number of esters is 1. The van der Waals surface area contributed by atoms with E-state index < -0.39 is 11.7 Å². The van der Waals surface area contributed by atoms with Gasteiger partial charge in [-0.05, 0) is 33.1 Å². The van der Waals surface area contributed by atoms with Crippen LogP contribution in [0.1, 0.15) is 53.4 Å². The van der Waals surface area contributed by atoms with Crippen LogP contribution in [0.15, 0.2) is 24.3 Å². The lowest BCUT2D eigenvalue weighted by molar-refractivity contribution is -0.184. The summed E-state index contributed by atoms with van der Waals surface area (Å²) in [5, 5.41) is 0. The zero-order valence-electron chi connectivity index (χ0n) is 15.3. The Balaban J connectivity index is 3.09. The number of allylic oxidation sites excluding steroid dienone is 3. The average Bonchev–Trinajstić information content (AvgIpc) is 2.76. The van der Waals surface area contributed by atoms with Crippen molar-refractivity contribution in [2.75, 3.05) is 20.3 Å². The summed E-state index contributed by atoms with van der Waals surface area (Å²) in [5.74, 6) is -0.184. The van der Waals surface area contributed by atoms with E-state index >= 15 is 0 Å². The van der Waals surface area contributed by atoms with Gasteiger partial charge in [0.1, 0.15) is 0 Å². The number of rotatable bonds is 10. The van der Waals surface area contributed by atoms with Crippen LogP contribution in [0, 0.1) is 10.8 Å². The third kappa shape index (κ3) is 4.04. The Bertz CT molecular complexity index is 433. The van der Waals surface area contributed by atoms with Crippen molar-refractivity contribution < 1.29 is 19.0 Å². The first-order valence-electron chi connectivity index (χ1n) is 8.51. The van der Waals surface area contributed by atoms with Crippen LogP contribution in [0.5, 0.6) is 0 Å². The first-order valence-corrected chi connectivity index (χ1v) is 8.51. The third-order valence-electron chi connectivity index (χ3n) is 5.11. The Hall–Kier alpha value is -1.13. The summed E-state index contributed by atoms with van der Waals surface area (Å²) >= 11 is 0. The maximum absolute atomic E-state index is 12.7. The van der Waals surface area contributed by atoms with Crippen LogP contribution in [-0.2, 0) is 19.0 Å². The fourth-order valence-corrected chi connectivity index (χ4v) is 3.57. The zero-order chi connectivity index (χ0) is 17.5. The van der Waals surface area contributed by atoms with Gasteiger partial charge in [0.15, 0.2) is 6.29 Å². The molecule has 0 aromatic carbocycles. The van der Waals surface area contributed by atoms with Gasteiger partial charge in [-0.3, -0.25) is 4.79 Å². The molecule has 0 radical (unpaired) electrons. The van der Waals surface area contributed by atoms with Gasteiger partial charge in [0.25, 0.3) is 0 Å². The normalized spacial score (nSPS) is 23.0. The lowest BCUT2D eigenvalue weighted by atomic mass is 9.62. The molecular formula is C19H32O4. The van der Waals surface area contributed by atoms with Gasteiger partial charge >= 0.3 is 5.97 Å². The number of hydrogen-bond donors (Lipinski definition) is 0.